The van der Waals surface area contributed by atoms with E-state index in [2.05, 4.69) is 42.0 Å². The van der Waals surface area contributed by atoms with Gasteiger partial charge in [0.05, 0.1) is 13.7 Å². The second kappa shape index (κ2) is 6.80. The number of aliphatic hydroxyl groups excluding tert-OH is 1. The lowest BCUT2D eigenvalue weighted by molar-refractivity contribution is -0.0685. The third-order valence-electron chi connectivity index (χ3n) is 5.93. The van der Waals surface area contributed by atoms with Crippen molar-refractivity contribution in [2.24, 2.45) is 5.41 Å². The Morgan fingerprint density at radius 3 is 2.87 bits per heavy atom. The molecule has 1 N–H and O–H groups in total. The number of likely N-dealkylation sites (tertiary alicyclic amines) is 2. The predicted octanol–water partition coefficient (Wildman–Crippen LogP) is 2.28. The SMILES string of the molecule is COc1cc(C)ccc1CN1CC[C@@]2(CO)CCCN(C)[C@@H]2C1. The number of ether oxygens (including phenoxy) is 1. The monoisotopic (exact) mass is 318 g/mol. The molecule has 2 fully saturated rings. The molecular formula is C19H30N2O2. The summed E-state index contributed by atoms with van der Waals surface area (Å²) in [5, 5.41) is 10.0. The number of likely N-dealkylation sites (N-methyl/N-ethyl adjacent to an activating group) is 1. The van der Waals surface area contributed by atoms with E-state index in [1.165, 1.54) is 24.0 Å². The van der Waals surface area contributed by atoms with Crippen molar-refractivity contribution in [3.05, 3.63) is 29.3 Å². The van der Waals surface area contributed by atoms with E-state index in [9.17, 15) is 5.11 Å². The van der Waals surface area contributed by atoms with Gasteiger partial charge >= 0.3 is 0 Å². The highest BCUT2D eigenvalue weighted by Crippen LogP contribution is 2.42. The van der Waals surface area contributed by atoms with Crippen LogP contribution in [0.15, 0.2) is 18.2 Å². The summed E-state index contributed by atoms with van der Waals surface area (Å²) in [7, 11) is 3.96. The summed E-state index contributed by atoms with van der Waals surface area (Å²) >= 11 is 0. The summed E-state index contributed by atoms with van der Waals surface area (Å²) in [5.74, 6) is 0.987. The molecule has 4 nitrogen and oxygen atoms in total. The fourth-order valence-corrected chi connectivity index (χ4v) is 4.44. The fourth-order valence-electron chi connectivity index (χ4n) is 4.44. The third kappa shape index (κ3) is 3.25. The van der Waals surface area contributed by atoms with Crippen LogP contribution in [-0.4, -0.2) is 61.3 Å². The van der Waals surface area contributed by atoms with Gasteiger partial charge in [-0.1, -0.05) is 12.1 Å². The molecule has 4 heteroatoms. The molecule has 2 aliphatic heterocycles. The van der Waals surface area contributed by atoms with Crippen molar-refractivity contribution < 1.29 is 9.84 Å². The Balaban J connectivity index is 1.74. The van der Waals surface area contributed by atoms with Gasteiger partial charge in [-0.3, -0.25) is 4.90 Å². The minimum absolute atomic E-state index is 0.112. The molecule has 3 rings (SSSR count). The molecular weight excluding hydrogens is 288 g/mol. The van der Waals surface area contributed by atoms with Gasteiger partial charge in [-0.25, -0.2) is 0 Å². The summed E-state index contributed by atoms with van der Waals surface area (Å²) in [6.07, 6.45) is 3.46. The highest BCUT2D eigenvalue weighted by molar-refractivity contribution is 5.37. The molecule has 23 heavy (non-hydrogen) atoms. The van der Waals surface area contributed by atoms with E-state index < -0.39 is 0 Å². The summed E-state index contributed by atoms with van der Waals surface area (Å²) in [6.45, 7) is 6.59. The van der Waals surface area contributed by atoms with Gasteiger partial charge < -0.3 is 14.7 Å². The normalized spacial score (nSPS) is 29.3. The van der Waals surface area contributed by atoms with E-state index in [1.54, 1.807) is 7.11 Å². The Morgan fingerprint density at radius 1 is 1.30 bits per heavy atom. The second-order valence-electron chi connectivity index (χ2n) is 7.42. The van der Waals surface area contributed by atoms with Crippen molar-refractivity contribution in [1.29, 1.82) is 0 Å². The van der Waals surface area contributed by atoms with Crippen molar-refractivity contribution in [3.63, 3.8) is 0 Å². The number of hydrogen-bond donors (Lipinski definition) is 1. The Morgan fingerprint density at radius 2 is 2.13 bits per heavy atom. The average molecular weight is 318 g/mol. The second-order valence-corrected chi connectivity index (χ2v) is 7.42. The smallest absolute Gasteiger partial charge is 0.123 e. The Bertz CT molecular complexity index is 548. The maximum Gasteiger partial charge on any atom is 0.123 e. The van der Waals surface area contributed by atoms with Crippen molar-refractivity contribution in [2.45, 2.75) is 38.8 Å². The van der Waals surface area contributed by atoms with Crippen molar-refractivity contribution in [1.82, 2.24) is 9.80 Å². The summed E-state index contributed by atoms with van der Waals surface area (Å²) < 4.78 is 5.56. The molecule has 128 valence electrons. The van der Waals surface area contributed by atoms with Gasteiger partial charge in [0, 0.05) is 30.1 Å². The minimum Gasteiger partial charge on any atom is -0.496 e. The van der Waals surface area contributed by atoms with E-state index in [0.29, 0.717) is 12.6 Å². The van der Waals surface area contributed by atoms with Crippen LogP contribution in [0.25, 0.3) is 0 Å². The number of aryl methyl sites for hydroxylation is 1. The zero-order valence-electron chi connectivity index (χ0n) is 14.7. The van der Waals surface area contributed by atoms with E-state index in [0.717, 1.165) is 38.3 Å². The summed E-state index contributed by atoms with van der Waals surface area (Å²) in [6, 6.07) is 6.93. The van der Waals surface area contributed by atoms with Crippen molar-refractivity contribution in [3.8, 4) is 5.75 Å². The van der Waals surface area contributed by atoms with Gasteiger partial charge in [-0.2, -0.15) is 0 Å². The number of fused-ring (bicyclic) bond motifs is 1. The molecule has 0 saturated carbocycles. The molecule has 0 amide bonds. The van der Waals surface area contributed by atoms with Crippen LogP contribution in [0, 0.1) is 12.3 Å². The van der Waals surface area contributed by atoms with Crippen LogP contribution in [0.2, 0.25) is 0 Å². The Kier molecular flexibility index (Phi) is 4.95. The minimum atomic E-state index is 0.112. The fraction of sp³-hybridized carbons (Fsp3) is 0.684. The van der Waals surface area contributed by atoms with E-state index >= 15 is 0 Å². The van der Waals surface area contributed by atoms with Crippen LogP contribution in [0.5, 0.6) is 5.75 Å². The molecule has 0 aromatic heterocycles. The van der Waals surface area contributed by atoms with Gasteiger partial charge in [-0.15, -0.1) is 0 Å². The summed E-state index contributed by atoms with van der Waals surface area (Å²) in [4.78, 5) is 4.98. The molecule has 0 unspecified atom stereocenters. The van der Waals surface area contributed by atoms with E-state index in [1.807, 2.05) is 0 Å². The lowest BCUT2D eigenvalue weighted by Crippen LogP contribution is -2.61. The van der Waals surface area contributed by atoms with Crippen molar-refractivity contribution >= 4 is 0 Å². The van der Waals surface area contributed by atoms with Crippen molar-refractivity contribution in [2.75, 3.05) is 40.4 Å². The Labute approximate surface area is 140 Å². The number of hydrogen-bond acceptors (Lipinski definition) is 4. The molecule has 0 bridgehead atoms. The zero-order chi connectivity index (χ0) is 16.4. The van der Waals surface area contributed by atoms with Gasteiger partial charge in [-0.05, 0) is 58.0 Å². The first-order valence-electron chi connectivity index (χ1n) is 8.75. The van der Waals surface area contributed by atoms with E-state index in [-0.39, 0.29) is 5.41 Å². The first-order chi connectivity index (χ1) is 11.1. The number of piperidine rings is 2. The van der Waals surface area contributed by atoms with Gasteiger partial charge in [0.2, 0.25) is 0 Å². The molecule has 1 aromatic rings. The average Bonchev–Trinajstić information content (AvgIpc) is 2.57. The van der Waals surface area contributed by atoms with Crippen LogP contribution in [-0.2, 0) is 6.54 Å². The van der Waals surface area contributed by atoms with Crippen LogP contribution in [0.4, 0.5) is 0 Å². The van der Waals surface area contributed by atoms with Crippen LogP contribution in [0.1, 0.15) is 30.4 Å². The number of rotatable bonds is 4. The molecule has 0 spiro atoms. The lowest BCUT2D eigenvalue weighted by Gasteiger charge is -2.53. The number of nitrogens with zero attached hydrogens (tertiary/aromatic N) is 2. The van der Waals surface area contributed by atoms with Gasteiger partial charge in [0.1, 0.15) is 5.75 Å². The standard InChI is InChI=1S/C19H30N2O2/c1-15-5-6-16(17(11-15)23-3)12-21-10-8-19(14-22)7-4-9-20(2)18(19)13-21/h5-6,11,18,22H,4,7-10,12-14H2,1-3H3/t18-,19-/m1/s1. The number of benzene rings is 1. The molecule has 2 heterocycles. The molecule has 0 radical (unpaired) electrons. The van der Waals surface area contributed by atoms with Gasteiger partial charge in [0.25, 0.3) is 0 Å². The first kappa shape index (κ1) is 16.7. The highest BCUT2D eigenvalue weighted by Gasteiger charge is 2.46. The number of aliphatic hydroxyl groups is 1. The maximum absolute atomic E-state index is 10.0. The predicted molar refractivity (Wildman–Crippen MR) is 92.8 cm³/mol. The third-order valence-corrected chi connectivity index (χ3v) is 5.93. The van der Waals surface area contributed by atoms with E-state index in [4.69, 9.17) is 4.74 Å². The molecule has 1 aromatic carbocycles. The lowest BCUT2D eigenvalue weighted by atomic mass is 9.69. The van der Waals surface area contributed by atoms with Crippen LogP contribution >= 0.6 is 0 Å². The number of methoxy groups -OCH3 is 1. The summed E-state index contributed by atoms with van der Waals surface area (Å²) in [5.41, 5.74) is 2.60. The van der Waals surface area contributed by atoms with Crippen LogP contribution < -0.4 is 4.74 Å². The first-order valence-corrected chi connectivity index (χ1v) is 8.75. The Hall–Kier alpha value is -1.10. The van der Waals surface area contributed by atoms with Crippen LogP contribution in [0.3, 0.4) is 0 Å². The molecule has 2 aliphatic rings. The maximum atomic E-state index is 10.0. The van der Waals surface area contributed by atoms with Gasteiger partial charge in [0.15, 0.2) is 0 Å². The largest absolute Gasteiger partial charge is 0.496 e. The quantitative estimate of drug-likeness (QED) is 0.924. The highest BCUT2D eigenvalue weighted by atomic mass is 16.5. The zero-order valence-corrected chi connectivity index (χ0v) is 14.7. The topological polar surface area (TPSA) is 35.9 Å². The molecule has 2 saturated heterocycles. The molecule has 0 aliphatic carbocycles. The molecule has 2 atom stereocenters.